The smallest absolute Gasteiger partial charge is 0.410 e. The van der Waals surface area contributed by atoms with Crippen LogP contribution >= 0.6 is 0 Å². The van der Waals surface area contributed by atoms with Crippen LogP contribution < -0.4 is 0 Å². The molecule has 166 valence electrons. The third-order valence-corrected chi connectivity index (χ3v) is 5.95. The Morgan fingerprint density at radius 2 is 1.53 bits per heavy atom. The second-order valence-electron chi connectivity index (χ2n) is 9.44. The van der Waals surface area contributed by atoms with Gasteiger partial charge < -0.3 is 19.6 Å². The molecule has 0 bridgehead atoms. The summed E-state index contributed by atoms with van der Waals surface area (Å²) in [5.41, 5.74) is -1.06. The van der Waals surface area contributed by atoms with E-state index < -0.39 is 17.1 Å². The largest absolute Gasteiger partial charge is 0.444 e. The summed E-state index contributed by atoms with van der Waals surface area (Å²) in [6, 6.07) is 5.87. The Morgan fingerprint density at radius 1 is 1.00 bits per heavy atom. The van der Waals surface area contributed by atoms with E-state index in [2.05, 4.69) is 0 Å². The van der Waals surface area contributed by atoms with Gasteiger partial charge in [-0.15, -0.1) is 0 Å². The van der Waals surface area contributed by atoms with Crippen molar-refractivity contribution in [1.29, 1.82) is 0 Å². The molecule has 2 fully saturated rings. The number of amides is 2. The quantitative estimate of drug-likeness (QED) is 0.810. The minimum Gasteiger partial charge on any atom is -0.444 e. The molecular weight excluding hydrogens is 387 g/mol. The number of hydrogen-bond acceptors (Lipinski definition) is 4. The van der Waals surface area contributed by atoms with Crippen molar-refractivity contribution in [2.75, 3.05) is 26.2 Å². The number of halogens is 1. The van der Waals surface area contributed by atoms with Crippen LogP contribution in [0.25, 0.3) is 0 Å². The van der Waals surface area contributed by atoms with Gasteiger partial charge in [0.25, 0.3) is 0 Å². The normalized spacial score (nSPS) is 20.6. The van der Waals surface area contributed by atoms with Crippen molar-refractivity contribution in [3.63, 3.8) is 0 Å². The van der Waals surface area contributed by atoms with Gasteiger partial charge in [-0.1, -0.05) is 31.4 Å². The number of ether oxygens (including phenoxy) is 1. The van der Waals surface area contributed by atoms with E-state index in [1.54, 1.807) is 21.9 Å². The van der Waals surface area contributed by atoms with E-state index in [0.717, 1.165) is 19.3 Å². The third-order valence-electron chi connectivity index (χ3n) is 5.95. The second-order valence-corrected chi connectivity index (χ2v) is 9.44. The summed E-state index contributed by atoms with van der Waals surface area (Å²) >= 11 is 0. The van der Waals surface area contributed by atoms with Crippen LogP contribution in [0.4, 0.5) is 9.18 Å². The molecule has 0 radical (unpaired) electrons. The molecule has 1 saturated heterocycles. The lowest BCUT2D eigenvalue weighted by Crippen LogP contribution is -2.55. The molecule has 1 N–H and O–H groups in total. The molecule has 1 aromatic rings. The van der Waals surface area contributed by atoms with Crippen molar-refractivity contribution in [3.05, 3.63) is 35.6 Å². The molecular formula is C23H33FN2O4. The molecule has 0 spiro atoms. The Labute approximate surface area is 178 Å². The second kappa shape index (κ2) is 8.92. The van der Waals surface area contributed by atoms with Gasteiger partial charge in [-0.2, -0.15) is 0 Å². The van der Waals surface area contributed by atoms with Gasteiger partial charge in [0.1, 0.15) is 11.4 Å². The molecule has 30 heavy (non-hydrogen) atoms. The van der Waals surface area contributed by atoms with Gasteiger partial charge in [0.15, 0.2) is 0 Å². The number of aliphatic hydroxyl groups is 1. The highest BCUT2D eigenvalue weighted by molar-refractivity contribution is 5.85. The fourth-order valence-electron chi connectivity index (χ4n) is 4.41. The molecule has 2 aliphatic rings. The summed E-state index contributed by atoms with van der Waals surface area (Å²) < 4.78 is 18.9. The summed E-state index contributed by atoms with van der Waals surface area (Å²) in [5, 5.41) is 11.4. The molecule has 3 rings (SSSR count). The van der Waals surface area contributed by atoms with Gasteiger partial charge in [0, 0.05) is 26.2 Å². The monoisotopic (exact) mass is 420 g/mol. The molecule has 1 aliphatic heterocycles. The Morgan fingerprint density at radius 3 is 2.07 bits per heavy atom. The Bertz CT molecular complexity index is 745. The van der Waals surface area contributed by atoms with Gasteiger partial charge in [-0.25, -0.2) is 9.18 Å². The molecule has 1 unspecified atom stereocenters. The lowest BCUT2D eigenvalue weighted by Gasteiger charge is -2.43. The topological polar surface area (TPSA) is 70.1 Å². The zero-order valence-electron chi connectivity index (χ0n) is 18.2. The minimum absolute atomic E-state index is 0.158. The summed E-state index contributed by atoms with van der Waals surface area (Å²) in [7, 11) is 0. The fraction of sp³-hybridized carbons (Fsp3) is 0.652. The summed E-state index contributed by atoms with van der Waals surface area (Å²) in [4.78, 5) is 29.1. The van der Waals surface area contributed by atoms with Gasteiger partial charge >= 0.3 is 6.09 Å². The highest BCUT2D eigenvalue weighted by Gasteiger charge is 2.45. The fourth-order valence-corrected chi connectivity index (χ4v) is 4.41. The van der Waals surface area contributed by atoms with Crippen molar-refractivity contribution in [3.8, 4) is 0 Å². The minimum atomic E-state index is -1.13. The van der Waals surface area contributed by atoms with Crippen molar-refractivity contribution < 1.29 is 23.8 Å². The van der Waals surface area contributed by atoms with E-state index in [0.29, 0.717) is 44.6 Å². The first-order chi connectivity index (χ1) is 14.1. The van der Waals surface area contributed by atoms with Crippen molar-refractivity contribution in [2.45, 2.75) is 70.0 Å². The standard InChI is InChI=1S/C23H33FN2O4/c1-22(2,3)30-21(28)26-15-13-25(14-16-26)20(27)19(17-7-9-18(24)10-8-17)23(29)11-5-4-6-12-23/h7-10,19,29H,4-6,11-16H2,1-3H3. The first-order valence-electron chi connectivity index (χ1n) is 10.8. The molecule has 1 heterocycles. The molecule has 1 atom stereocenters. The zero-order chi connectivity index (χ0) is 21.9. The van der Waals surface area contributed by atoms with E-state index in [9.17, 15) is 19.1 Å². The van der Waals surface area contributed by atoms with Crippen LogP contribution in [-0.2, 0) is 9.53 Å². The number of benzene rings is 1. The molecule has 1 aromatic carbocycles. The Kier molecular flexibility index (Phi) is 6.70. The molecule has 0 aromatic heterocycles. The maximum Gasteiger partial charge on any atom is 0.410 e. The first kappa shape index (κ1) is 22.5. The first-order valence-corrected chi connectivity index (χ1v) is 10.8. The number of rotatable bonds is 3. The predicted molar refractivity (Wildman–Crippen MR) is 112 cm³/mol. The SMILES string of the molecule is CC(C)(C)OC(=O)N1CCN(C(=O)C(c2ccc(F)cc2)C2(O)CCCCC2)CC1. The van der Waals surface area contributed by atoms with Crippen molar-refractivity contribution >= 4 is 12.0 Å². The van der Waals surface area contributed by atoms with E-state index in [-0.39, 0.29) is 17.8 Å². The zero-order valence-corrected chi connectivity index (χ0v) is 18.2. The number of carbonyl (C=O) groups is 2. The van der Waals surface area contributed by atoms with Crippen LogP contribution in [0.15, 0.2) is 24.3 Å². The van der Waals surface area contributed by atoms with Crippen molar-refractivity contribution in [1.82, 2.24) is 9.80 Å². The average Bonchev–Trinajstić information content (AvgIpc) is 2.69. The molecule has 6 nitrogen and oxygen atoms in total. The summed E-state index contributed by atoms with van der Waals surface area (Å²) in [6.07, 6.45) is 3.51. The highest BCUT2D eigenvalue weighted by atomic mass is 19.1. The molecule has 1 aliphatic carbocycles. The average molecular weight is 421 g/mol. The van der Waals surface area contributed by atoms with Crippen LogP contribution in [0.1, 0.15) is 64.4 Å². The van der Waals surface area contributed by atoms with Crippen LogP contribution in [0, 0.1) is 5.82 Å². The predicted octanol–water partition coefficient (Wildman–Crippen LogP) is 3.68. The summed E-state index contributed by atoms with van der Waals surface area (Å²) in [5.74, 6) is -1.26. The van der Waals surface area contributed by atoms with E-state index >= 15 is 0 Å². The summed E-state index contributed by atoms with van der Waals surface area (Å²) in [6.45, 7) is 7.00. The lowest BCUT2D eigenvalue weighted by atomic mass is 9.72. The van der Waals surface area contributed by atoms with Gasteiger partial charge in [-0.05, 0) is 51.3 Å². The molecule has 2 amide bonds. The highest BCUT2D eigenvalue weighted by Crippen LogP contribution is 2.41. The van der Waals surface area contributed by atoms with E-state index in [4.69, 9.17) is 4.74 Å². The van der Waals surface area contributed by atoms with Crippen LogP contribution in [0.5, 0.6) is 0 Å². The maximum atomic E-state index is 13.5. The molecule has 7 heteroatoms. The number of piperazine rings is 1. The number of hydrogen-bond donors (Lipinski definition) is 1. The van der Waals surface area contributed by atoms with Gasteiger partial charge in [0.2, 0.25) is 5.91 Å². The Hall–Kier alpha value is -2.15. The molecule has 1 saturated carbocycles. The van der Waals surface area contributed by atoms with Crippen molar-refractivity contribution in [2.24, 2.45) is 0 Å². The third kappa shape index (κ3) is 5.31. The van der Waals surface area contributed by atoms with Crippen LogP contribution in [0.2, 0.25) is 0 Å². The van der Waals surface area contributed by atoms with E-state index in [1.165, 1.54) is 12.1 Å². The maximum absolute atomic E-state index is 13.5. The van der Waals surface area contributed by atoms with Gasteiger partial charge in [-0.3, -0.25) is 4.79 Å². The number of nitrogens with zero attached hydrogens (tertiary/aromatic N) is 2. The van der Waals surface area contributed by atoms with Gasteiger partial charge in [0.05, 0.1) is 11.5 Å². The Balaban J connectivity index is 1.74. The lowest BCUT2D eigenvalue weighted by molar-refractivity contribution is -0.143. The van der Waals surface area contributed by atoms with Crippen LogP contribution in [-0.4, -0.2) is 64.3 Å². The van der Waals surface area contributed by atoms with E-state index in [1.807, 2.05) is 20.8 Å². The van der Waals surface area contributed by atoms with Crippen LogP contribution in [0.3, 0.4) is 0 Å². The number of carbonyl (C=O) groups excluding carboxylic acids is 2.